The molecule has 0 saturated carbocycles. The van der Waals surface area contributed by atoms with Crippen molar-refractivity contribution in [2.45, 2.75) is 0 Å². The van der Waals surface area contributed by atoms with Crippen molar-refractivity contribution >= 4 is 97.3 Å². The van der Waals surface area contributed by atoms with E-state index in [0.717, 1.165) is 22.1 Å². The number of hydrogen-bond acceptors (Lipinski definition) is 1. The van der Waals surface area contributed by atoms with Crippen molar-refractivity contribution in [1.82, 2.24) is 0 Å². The molecule has 0 aliphatic carbocycles. The van der Waals surface area contributed by atoms with Crippen molar-refractivity contribution in [2.24, 2.45) is 0 Å². The molecule has 0 bridgehead atoms. The van der Waals surface area contributed by atoms with Gasteiger partial charge in [0.1, 0.15) is 11.2 Å². The van der Waals surface area contributed by atoms with E-state index in [1.54, 1.807) is 0 Å². The van der Waals surface area contributed by atoms with Crippen molar-refractivity contribution < 1.29 is 4.42 Å². The first-order valence-electron chi connectivity index (χ1n) is 17.7. The zero-order chi connectivity index (χ0) is 33.2. The highest BCUT2D eigenvalue weighted by molar-refractivity contribution is 6.28. The van der Waals surface area contributed by atoms with E-state index in [4.69, 9.17) is 4.42 Å². The number of hydrogen-bond donors (Lipinski definition) is 0. The summed E-state index contributed by atoms with van der Waals surface area (Å²) in [6.07, 6.45) is 0. The largest absolute Gasteiger partial charge is 0.455 e. The fourth-order valence-electron chi connectivity index (χ4n) is 9.09. The predicted octanol–water partition coefficient (Wildman–Crippen LogP) is 14.4. The fraction of sp³-hybridized carbons (Fsp3) is 0. The Kier molecular flexibility index (Phi) is 5.29. The molecule has 1 nitrogen and oxygen atoms in total. The predicted molar refractivity (Wildman–Crippen MR) is 218 cm³/mol. The lowest BCUT2D eigenvalue weighted by atomic mass is 9.86. The van der Waals surface area contributed by atoms with Gasteiger partial charge in [0, 0.05) is 16.3 Å². The highest BCUT2D eigenvalue weighted by Gasteiger charge is 2.22. The molecule has 51 heavy (non-hydrogen) atoms. The van der Waals surface area contributed by atoms with Gasteiger partial charge < -0.3 is 4.42 Å². The summed E-state index contributed by atoms with van der Waals surface area (Å²) in [5.74, 6) is 0. The Morgan fingerprint density at radius 2 is 0.902 bits per heavy atom. The van der Waals surface area contributed by atoms with Gasteiger partial charge in [0.25, 0.3) is 0 Å². The molecule has 0 unspecified atom stereocenters. The molecule has 0 amide bonds. The highest BCUT2D eigenvalue weighted by Crippen LogP contribution is 2.48. The first-order valence-corrected chi connectivity index (χ1v) is 17.7. The average Bonchev–Trinajstić information content (AvgIpc) is 3.58. The molecule has 1 heteroatoms. The molecule has 1 aromatic heterocycles. The van der Waals surface area contributed by atoms with Crippen LogP contribution in [-0.4, -0.2) is 0 Å². The van der Waals surface area contributed by atoms with Gasteiger partial charge in [0.15, 0.2) is 0 Å². The minimum absolute atomic E-state index is 0.911. The number of rotatable bonds is 2. The molecular formula is C50H28O. The lowest BCUT2D eigenvalue weighted by Crippen LogP contribution is -1.90. The van der Waals surface area contributed by atoms with Gasteiger partial charge in [0.05, 0.1) is 0 Å². The molecule has 11 aromatic carbocycles. The van der Waals surface area contributed by atoms with Gasteiger partial charge in [-0.25, -0.2) is 0 Å². The van der Waals surface area contributed by atoms with Crippen molar-refractivity contribution in [3.63, 3.8) is 0 Å². The maximum atomic E-state index is 6.96. The Morgan fingerprint density at radius 1 is 0.294 bits per heavy atom. The molecule has 0 fully saturated rings. The average molecular weight is 645 g/mol. The second kappa shape index (κ2) is 9.94. The van der Waals surface area contributed by atoms with E-state index in [0.29, 0.717) is 0 Å². The molecule has 12 aromatic rings. The monoisotopic (exact) mass is 644 g/mol. The summed E-state index contributed by atoms with van der Waals surface area (Å²) in [6, 6.07) is 62.7. The number of benzene rings is 11. The fourth-order valence-corrected chi connectivity index (χ4v) is 9.09. The Balaban J connectivity index is 1.28. The molecule has 12 rings (SSSR count). The van der Waals surface area contributed by atoms with E-state index >= 15 is 0 Å². The van der Waals surface area contributed by atoms with Crippen molar-refractivity contribution in [3.05, 3.63) is 170 Å². The zero-order valence-electron chi connectivity index (χ0n) is 27.6. The van der Waals surface area contributed by atoms with Gasteiger partial charge in [-0.2, -0.15) is 0 Å². The Hall–Kier alpha value is -6.70. The first-order chi connectivity index (χ1) is 25.3. The zero-order valence-corrected chi connectivity index (χ0v) is 27.6. The SMILES string of the molecule is c1ccc2c(-c3cc(-c4ccc5ccc6cccc7ccc4c5c67)c4oc5ccc6ccccc6c5c4c3)c3ccc4ccccc4c3cc2c1. The summed E-state index contributed by atoms with van der Waals surface area (Å²) in [5.41, 5.74) is 6.58. The summed E-state index contributed by atoms with van der Waals surface area (Å²) in [7, 11) is 0. The molecule has 0 N–H and O–H groups in total. The van der Waals surface area contributed by atoms with E-state index in [-0.39, 0.29) is 0 Å². The minimum atomic E-state index is 0.911. The van der Waals surface area contributed by atoms with Crippen LogP contribution in [0.3, 0.4) is 0 Å². The lowest BCUT2D eigenvalue weighted by Gasteiger charge is -2.17. The molecule has 0 aliphatic rings. The van der Waals surface area contributed by atoms with Crippen LogP contribution < -0.4 is 0 Å². The number of fused-ring (bicyclic) bond motifs is 9. The molecule has 1 heterocycles. The maximum absolute atomic E-state index is 6.96. The quantitative estimate of drug-likeness (QED) is 0.135. The van der Waals surface area contributed by atoms with Gasteiger partial charge in [-0.3, -0.25) is 0 Å². The van der Waals surface area contributed by atoms with Crippen LogP contribution in [0.15, 0.2) is 174 Å². The van der Waals surface area contributed by atoms with Crippen LogP contribution in [0.4, 0.5) is 0 Å². The summed E-state index contributed by atoms with van der Waals surface area (Å²) in [5, 5.41) is 19.9. The Labute approximate surface area is 292 Å². The maximum Gasteiger partial charge on any atom is 0.143 e. The summed E-state index contributed by atoms with van der Waals surface area (Å²) in [6.45, 7) is 0. The van der Waals surface area contributed by atoms with Gasteiger partial charge in [-0.05, 0) is 116 Å². The highest BCUT2D eigenvalue weighted by atomic mass is 16.3. The van der Waals surface area contributed by atoms with Gasteiger partial charge in [0.2, 0.25) is 0 Å². The summed E-state index contributed by atoms with van der Waals surface area (Å²) < 4.78 is 6.96. The van der Waals surface area contributed by atoms with E-state index in [9.17, 15) is 0 Å². The van der Waals surface area contributed by atoms with E-state index in [1.165, 1.54) is 97.5 Å². The lowest BCUT2D eigenvalue weighted by molar-refractivity contribution is 0.670. The topological polar surface area (TPSA) is 13.1 Å². The Morgan fingerprint density at radius 3 is 1.75 bits per heavy atom. The van der Waals surface area contributed by atoms with Crippen molar-refractivity contribution in [2.75, 3.05) is 0 Å². The van der Waals surface area contributed by atoms with Gasteiger partial charge >= 0.3 is 0 Å². The third-order valence-corrected chi connectivity index (χ3v) is 11.3. The third kappa shape index (κ3) is 3.70. The molecular weight excluding hydrogens is 617 g/mol. The van der Waals surface area contributed by atoms with Crippen LogP contribution in [0.5, 0.6) is 0 Å². The van der Waals surface area contributed by atoms with E-state index in [2.05, 4.69) is 170 Å². The van der Waals surface area contributed by atoms with Crippen molar-refractivity contribution in [3.8, 4) is 22.3 Å². The molecule has 234 valence electrons. The van der Waals surface area contributed by atoms with Gasteiger partial charge in [-0.15, -0.1) is 0 Å². The molecule has 0 aliphatic heterocycles. The minimum Gasteiger partial charge on any atom is -0.455 e. The van der Waals surface area contributed by atoms with E-state index < -0.39 is 0 Å². The summed E-state index contributed by atoms with van der Waals surface area (Å²) in [4.78, 5) is 0. The van der Waals surface area contributed by atoms with Crippen LogP contribution in [0.25, 0.3) is 120 Å². The van der Waals surface area contributed by atoms with E-state index in [1.807, 2.05) is 0 Å². The third-order valence-electron chi connectivity index (χ3n) is 11.3. The normalized spacial score (nSPS) is 12.3. The van der Waals surface area contributed by atoms with Crippen molar-refractivity contribution in [1.29, 1.82) is 0 Å². The molecule has 0 radical (unpaired) electrons. The first kappa shape index (κ1) is 27.2. The van der Waals surface area contributed by atoms with Gasteiger partial charge in [-0.1, -0.05) is 146 Å². The molecule has 0 spiro atoms. The number of furan rings is 1. The standard InChI is InChI=1S/C50H28O/c1-4-13-36-29(8-1)18-23-41-42(36)26-34-10-3-6-15-38(34)47(41)35-27-43(50-44(28-35)49-37-14-5-2-9-30(37)21-25-45(49)51-50)39-22-19-33-17-16-31-11-7-12-32-20-24-40(39)48(33)46(31)32/h1-28H. The molecule has 0 atom stereocenters. The second-order valence-corrected chi connectivity index (χ2v) is 14.0. The van der Waals surface area contributed by atoms with Crippen LogP contribution in [0.1, 0.15) is 0 Å². The van der Waals surface area contributed by atoms with Crippen LogP contribution in [0, 0.1) is 0 Å². The van der Waals surface area contributed by atoms with Crippen LogP contribution in [0.2, 0.25) is 0 Å². The second-order valence-electron chi connectivity index (χ2n) is 14.0. The molecule has 0 saturated heterocycles. The Bertz CT molecular complexity index is 3400. The summed E-state index contributed by atoms with van der Waals surface area (Å²) >= 11 is 0. The van der Waals surface area contributed by atoms with Crippen LogP contribution in [-0.2, 0) is 0 Å². The van der Waals surface area contributed by atoms with Crippen LogP contribution >= 0.6 is 0 Å². The smallest absolute Gasteiger partial charge is 0.143 e.